The molecule has 1 fully saturated rings. The Kier molecular flexibility index (Phi) is 9.26. The Hall–Kier alpha value is -1.27. The summed E-state index contributed by atoms with van der Waals surface area (Å²) in [6.07, 6.45) is 3.54. The minimum absolute atomic E-state index is 0.445. The van der Waals surface area contributed by atoms with Gasteiger partial charge in [0, 0.05) is 42.9 Å². The highest BCUT2D eigenvalue weighted by atomic mass is 79.9. The van der Waals surface area contributed by atoms with Gasteiger partial charge in [-0.2, -0.15) is 0 Å². The van der Waals surface area contributed by atoms with Gasteiger partial charge in [-0.25, -0.2) is 0 Å². The lowest BCUT2D eigenvalue weighted by Crippen LogP contribution is -2.45. The normalized spacial score (nSPS) is 17.8. The van der Waals surface area contributed by atoms with Crippen LogP contribution in [-0.2, 0) is 0 Å². The number of hydrogen-bond acceptors (Lipinski definition) is 3. The molecule has 0 saturated carbocycles. The monoisotopic (exact) mass is 423 g/mol. The van der Waals surface area contributed by atoms with Gasteiger partial charge in [-0.05, 0) is 63.2 Å². The SMILES string of the molecule is CCN(CC)CCCCNC(=NC)NC1CCN(c2ccc(Br)cc2)C1. The average Bonchev–Trinajstić information content (AvgIpc) is 3.12. The van der Waals surface area contributed by atoms with Crippen molar-refractivity contribution in [2.24, 2.45) is 4.99 Å². The number of benzene rings is 1. The number of aliphatic imine (C=N–C) groups is 1. The molecule has 0 bridgehead atoms. The first-order chi connectivity index (χ1) is 12.7. The van der Waals surface area contributed by atoms with Crippen LogP contribution in [0.15, 0.2) is 33.7 Å². The number of halogens is 1. The topological polar surface area (TPSA) is 42.9 Å². The minimum atomic E-state index is 0.445. The van der Waals surface area contributed by atoms with Crippen LogP contribution < -0.4 is 15.5 Å². The third-order valence-electron chi connectivity index (χ3n) is 5.03. The Morgan fingerprint density at radius 1 is 1.23 bits per heavy atom. The van der Waals surface area contributed by atoms with Crippen LogP contribution >= 0.6 is 15.9 Å². The lowest BCUT2D eigenvalue weighted by atomic mass is 10.2. The molecule has 6 heteroatoms. The summed E-state index contributed by atoms with van der Waals surface area (Å²) in [5.74, 6) is 0.926. The van der Waals surface area contributed by atoms with Crippen LogP contribution in [0, 0.1) is 0 Å². The Morgan fingerprint density at radius 2 is 1.96 bits per heavy atom. The van der Waals surface area contributed by atoms with E-state index in [0.717, 1.165) is 49.6 Å². The van der Waals surface area contributed by atoms with Crippen LogP contribution in [0.25, 0.3) is 0 Å². The molecule has 1 aromatic rings. The van der Waals surface area contributed by atoms with Crippen molar-refractivity contribution in [2.75, 3.05) is 51.2 Å². The molecule has 0 spiro atoms. The van der Waals surface area contributed by atoms with Gasteiger partial charge in [0.25, 0.3) is 0 Å². The Bertz CT molecular complexity index is 542. The van der Waals surface area contributed by atoms with Crippen molar-refractivity contribution in [2.45, 2.75) is 39.2 Å². The highest BCUT2D eigenvalue weighted by Crippen LogP contribution is 2.22. The fraction of sp³-hybridized carbons (Fsp3) is 0.650. The molecule has 1 aliphatic rings. The van der Waals surface area contributed by atoms with Crippen LogP contribution in [0.3, 0.4) is 0 Å². The summed E-state index contributed by atoms with van der Waals surface area (Å²) in [7, 11) is 1.85. The summed E-state index contributed by atoms with van der Waals surface area (Å²) in [5.41, 5.74) is 1.29. The predicted molar refractivity (Wildman–Crippen MR) is 116 cm³/mol. The number of unbranched alkanes of at least 4 members (excludes halogenated alkanes) is 1. The van der Waals surface area contributed by atoms with Gasteiger partial charge in [0.2, 0.25) is 0 Å². The van der Waals surface area contributed by atoms with E-state index >= 15 is 0 Å². The minimum Gasteiger partial charge on any atom is -0.369 e. The average molecular weight is 424 g/mol. The maximum Gasteiger partial charge on any atom is 0.191 e. The second kappa shape index (κ2) is 11.4. The highest BCUT2D eigenvalue weighted by Gasteiger charge is 2.23. The lowest BCUT2D eigenvalue weighted by molar-refractivity contribution is 0.297. The van der Waals surface area contributed by atoms with Crippen molar-refractivity contribution < 1.29 is 0 Å². The summed E-state index contributed by atoms with van der Waals surface area (Å²) in [6, 6.07) is 9.01. The molecular formula is C20H34BrN5. The van der Waals surface area contributed by atoms with E-state index in [1.165, 1.54) is 25.1 Å². The molecule has 2 rings (SSSR count). The van der Waals surface area contributed by atoms with Crippen molar-refractivity contribution in [1.82, 2.24) is 15.5 Å². The molecule has 1 unspecified atom stereocenters. The van der Waals surface area contributed by atoms with Crippen molar-refractivity contribution >= 4 is 27.6 Å². The van der Waals surface area contributed by atoms with Crippen molar-refractivity contribution in [1.29, 1.82) is 0 Å². The van der Waals surface area contributed by atoms with Gasteiger partial charge in [-0.1, -0.05) is 29.8 Å². The van der Waals surface area contributed by atoms with Crippen LogP contribution in [0.4, 0.5) is 5.69 Å². The molecule has 5 nitrogen and oxygen atoms in total. The maximum absolute atomic E-state index is 4.39. The second-order valence-corrected chi connectivity index (χ2v) is 7.70. The first-order valence-corrected chi connectivity index (χ1v) is 10.7. The van der Waals surface area contributed by atoms with Crippen LogP contribution in [0.1, 0.15) is 33.1 Å². The van der Waals surface area contributed by atoms with Crippen LogP contribution in [-0.4, -0.2) is 63.2 Å². The Balaban J connectivity index is 1.67. The van der Waals surface area contributed by atoms with Gasteiger partial charge in [0.1, 0.15) is 0 Å². The molecule has 1 saturated heterocycles. The number of anilines is 1. The van der Waals surface area contributed by atoms with Gasteiger partial charge < -0.3 is 20.4 Å². The van der Waals surface area contributed by atoms with E-state index in [0.29, 0.717) is 6.04 Å². The van der Waals surface area contributed by atoms with Gasteiger partial charge in [-0.3, -0.25) is 4.99 Å². The fourth-order valence-electron chi connectivity index (χ4n) is 3.36. The largest absolute Gasteiger partial charge is 0.369 e. The van der Waals surface area contributed by atoms with Gasteiger partial charge in [0.05, 0.1) is 0 Å². The van der Waals surface area contributed by atoms with Gasteiger partial charge in [0.15, 0.2) is 5.96 Å². The van der Waals surface area contributed by atoms with Crippen molar-refractivity contribution in [3.05, 3.63) is 28.7 Å². The second-order valence-electron chi connectivity index (χ2n) is 6.79. The fourth-order valence-corrected chi connectivity index (χ4v) is 3.62. The molecule has 0 aromatic heterocycles. The number of nitrogens with zero attached hydrogens (tertiary/aromatic N) is 3. The Morgan fingerprint density at radius 3 is 2.62 bits per heavy atom. The molecule has 0 aliphatic carbocycles. The zero-order valence-corrected chi connectivity index (χ0v) is 18.1. The summed E-state index contributed by atoms with van der Waals surface area (Å²) in [6.45, 7) is 11.0. The van der Waals surface area contributed by atoms with Gasteiger partial charge >= 0.3 is 0 Å². The summed E-state index contributed by atoms with van der Waals surface area (Å²) < 4.78 is 1.13. The smallest absolute Gasteiger partial charge is 0.191 e. The summed E-state index contributed by atoms with van der Waals surface area (Å²) in [5, 5.41) is 7.04. The van der Waals surface area contributed by atoms with E-state index in [9.17, 15) is 0 Å². The molecule has 26 heavy (non-hydrogen) atoms. The van der Waals surface area contributed by atoms with E-state index in [-0.39, 0.29) is 0 Å². The number of guanidine groups is 1. The number of nitrogens with one attached hydrogen (secondary N) is 2. The molecule has 1 heterocycles. The van der Waals surface area contributed by atoms with Gasteiger partial charge in [-0.15, -0.1) is 0 Å². The molecule has 2 N–H and O–H groups in total. The lowest BCUT2D eigenvalue weighted by Gasteiger charge is -2.21. The molecule has 1 atom stereocenters. The zero-order chi connectivity index (χ0) is 18.8. The first kappa shape index (κ1) is 21.0. The van der Waals surface area contributed by atoms with Crippen LogP contribution in [0.5, 0.6) is 0 Å². The summed E-state index contributed by atoms with van der Waals surface area (Å²) >= 11 is 3.50. The van der Waals surface area contributed by atoms with E-state index in [1.807, 2.05) is 7.05 Å². The zero-order valence-electron chi connectivity index (χ0n) is 16.5. The maximum atomic E-state index is 4.39. The van der Waals surface area contributed by atoms with Crippen molar-refractivity contribution in [3.8, 4) is 0 Å². The van der Waals surface area contributed by atoms with Crippen LogP contribution in [0.2, 0.25) is 0 Å². The van der Waals surface area contributed by atoms with E-state index in [2.05, 4.69) is 79.5 Å². The van der Waals surface area contributed by atoms with Crippen molar-refractivity contribution in [3.63, 3.8) is 0 Å². The molecule has 146 valence electrons. The third kappa shape index (κ3) is 6.80. The molecular weight excluding hydrogens is 390 g/mol. The molecule has 1 aromatic carbocycles. The number of hydrogen-bond donors (Lipinski definition) is 2. The van der Waals surface area contributed by atoms with E-state index in [1.54, 1.807) is 0 Å². The Labute approximate surface area is 167 Å². The molecule has 0 radical (unpaired) electrons. The first-order valence-electron chi connectivity index (χ1n) is 9.86. The molecule has 0 amide bonds. The predicted octanol–water partition coefficient (Wildman–Crippen LogP) is 3.31. The van der Waals surface area contributed by atoms with E-state index < -0.39 is 0 Å². The molecule has 1 aliphatic heterocycles. The third-order valence-corrected chi connectivity index (χ3v) is 5.56. The highest BCUT2D eigenvalue weighted by molar-refractivity contribution is 9.10. The standard InChI is InChI=1S/C20H34BrN5/c1-4-25(5-2)14-7-6-13-23-20(22-3)24-18-12-15-26(16-18)19-10-8-17(21)9-11-19/h8-11,18H,4-7,12-16H2,1-3H3,(H2,22,23,24). The quantitative estimate of drug-likeness (QED) is 0.363. The van der Waals surface area contributed by atoms with E-state index in [4.69, 9.17) is 0 Å². The summed E-state index contributed by atoms with van der Waals surface area (Å²) in [4.78, 5) is 9.29. The number of rotatable bonds is 9.